The molecule has 1 aliphatic rings. The van der Waals surface area contributed by atoms with Crippen LogP contribution in [-0.4, -0.2) is 36.6 Å². The Morgan fingerprint density at radius 2 is 1.97 bits per heavy atom. The van der Waals surface area contributed by atoms with Crippen LogP contribution in [0.1, 0.15) is 54.8 Å². The maximum absolute atomic E-state index is 13.1. The van der Waals surface area contributed by atoms with Gasteiger partial charge in [0.05, 0.1) is 28.5 Å². The second-order valence-electron chi connectivity index (χ2n) is 9.33. The normalized spacial score (nSPS) is 20.4. The minimum atomic E-state index is -0.605. The summed E-state index contributed by atoms with van der Waals surface area (Å²) in [5.41, 5.74) is 2.94. The molecule has 0 bridgehead atoms. The molecule has 34 heavy (non-hydrogen) atoms. The van der Waals surface area contributed by atoms with Crippen molar-refractivity contribution in [2.45, 2.75) is 51.2 Å². The number of aryl methyl sites for hydroxylation is 1. The van der Waals surface area contributed by atoms with E-state index in [1.54, 1.807) is 31.3 Å². The first-order valence-corrected chi connectivity index (χ1v) is 11.5. The number of anilines is 1. The highest BCUT2D eigenvalue weighted by Crippen LogP contribution is 2.36. The van der Waals surface area contributed by atoms with Crippen molar-refractivity contribution in [3.63, 3.8) is 0 Å². The van der Waals surface area contributed by atoms with Crippen LogP contribution in [0.25, 0.3) is 22.2 Å². The van der Waals surface area contributed by atoms with Gasteiger partial charge in [-0.2, -0.15) is 5.10 Å². The number of nitrogens with zero attached hydrogens (tertiary/aromatic N) is 4. The monoisotopic (exact) mass is 458 g/mol. The van der Waals surface area contributed by atoms with Gasteiger partial charge in [-0.15, -0.1) is 0 Å². The molecule has 4 aromatic rings. The molecule has 174 valence electrons. The molecule has 0 aliphatic heterocycles. The third kappa shape index (κ3) is 4.24. The quantitative estimate of drug-likeness (QED) is 0.316. The lowest BCUT2D eigenvalue weighted by Gasteiger charge is -2.33. The van der Waals surface area contributed by atoms with Gasteiger partial charge in [0, 0.05) is 47.1 Å². The molecule has 3 N–H and O–H groups in total. The average Bonchev–Trinajstić information content (AvgIpc) is 3.23. The molecular formula is C26H28N5O3+. The Morgan fingerprint density at radius 1 is 1.18 bits per heavy atom. The zero-order chi connectivity index (χ0) is 23.9. The molecule has 1 aromatic carbocycles. The van der Waals surface area contributed by atoms with Crippen LogP contribution >= 0.6 is 0 Å². The van der Waals surface area contributed by atoms with Crippen LogP contribution in [-0.2, 0) is 0 Å². The van der Waals surface area contributed by atoms with Gasteiger partial charge in [0.2, 0.25) is 5.69 Å². The molecule has 3 heterocycles. The molecule has 0 unspecified atom stereocenters. The third-order valence-corrected chi connectivity index (χ3v) is 6.64. The van der Waals surface area contributed by atoms with Crippen LogP contribution in [0.2, 0.25) is 0 Å². The van der Waals surface area contributed by atoms with Gasteiger partial charge < -0.3 is 10.4 Å². The number of amides is 1. The van der Waals surface area contributed by atoms with Gasteiger partial charge in [-0.3, -0.25) is 19.7 Å². The first kappa shape index (κ1) is 22.0. The van der Waals surface area contributed by atoms with Crippen molar-refractivity contribution in [3.05, 3.63) is 72.3 Å². The molecule has 8 nitrogen and oxygen atoms in total. The molecule has 5 rings (SSSR count). The summed E-state index contributed by atoms with van der Waals surface area (Å²) in [6.07, 6.45) is 6.91. The highest BCUT2D eigenvalue weighted by molar-refractivity contribution is 6.06. The number of carbonyl (C=O) groups is 1. The lowest BCUT2D eigenvalue weighted by atomic mass is 9.84. The summed E-state index contributed by atoms with van der Waals surface area (Å²) < 4.78 is 2.86. The van der Waals surface area contributed by atoms with Crippen LogP contribution in [0.4, 0.5) is 5.69 Å². The average molecular weight is 459 g/mol. The molecular weight excluding hydrogens is 430 g/mol. The highest BCUT2D eigenvalue weighted by Gasteiger charge is 2.30. The molecule has 8 heteroatoms. The second-order valence-corrected chi connectivity index (χ2v) is 9.33. The van der Waals surface area contributed by atoms with Crippen molar-refractivity contribution in [3.8, 4) is 11.3 Å². The molecule has 0 atom stereocenters. The fraction of sp³-hybridized carbons (Fsp3) is 0.308. The SMILES string of the molecule is Cc1cccc(C(=O)Nc2cc3cn(C4CCC(C)(O)CC4)nc3cc2-c2ccccn2)[n+]1O. The lowest BCUT2D eigenvalue weighted by molar-refractivity contribution is -0.909. The number of aliphatic hydroxyl groups is 1. The first-order valence-electron chi connectivity index (χ1n) is 11.5. The van der Waals surface area contributed by atoms with E-state index in [1.807, 2.05) is 48.1 Å². The summed E-state index contributed by atoms with van der Waals surface area (Å²) in [7, 11) is 0. The Kier molecular flexibility index (Phi) is 5.53. The largest absolute Gasteiger partial charge is 0.390 e. The third-order valence-electron chi connectivity index (χ3n) is 6.64. The van der Waals surface area contributed by atoms with E-state index in [2.05, 4.69) is 10.3 Å². The molecule has 0 spiro atoms. The Labute approximate surface area is 197 Å². The number of hydrogen-bond acceptors (Lipinski definition) is 5. The molecule has 1 fully saturated rings. The van der Waals surface area contributed by atoms with E-state index in [-0.39, 0.29) is 11.7 Å². The van der Waals surface area contributed by atoms with Crippen LogP contribution in [0.3, 0.4) is 0 Å². The molecule has 1 aliphatic carbocycles. The van der Waals surface area contributed by atoms with Crippen molar-refractivity contribution >= 4 is 22.5 Å². The maximum atomic E-state index is 13.1. The van der Waals surface area contributed by atoms with E-state index < -0.39 is 11.5 Å². The Hall–Kier alpha value is -3.78. The molecule has 0 radical (unpaired) electrons. The van der Waals surface area contributed by atoms with Crippen molar-refractivity contribution in [2.24, 2.45) is 0 Å². The fourth-order valence-electron chi connectivity index (χ4n) is 4.57. The minimum Gasteiger partial charge on any atom is -0.390 e. The van der Waals surface area contributed by atoms with E-state index in [0.29, 0.717) is 17.1 Å². The van der Waals surface area contributed by atoms with E-state index in [1.165, 1.54) is 0 Å². The summed E-state index contributed by atoms with van der Waals surface area (Å²) in [6, 6.07) is 14.7. The number of nitrogens with one attached hydrogen (secondary N) is 1. The van der Waals surface area contributed by atoms with Gasteiger partial charge in [0.25, 0.3) is 0 Å². The molecule has 1 saturated carbocycles. The number of hydrogen-bond donors (Lipinski definition) is 3. The maximum Gasteiger partial charge on any atom is 0.325 e. The predicted molar refractivity (Wildman–Crippen MR) is 128 cm³/mol. The standard InChI is InChI=1S/C26H27N5O3/c1-17-6-5-8-24(31(17)34)25(32)28-23-14-18-16-30(19-9-11-26(2,33)12-10-19)29-22(18)15-20(23)21-7-3-4-13-27-21/h3-8,13-16,19,33H,9-12H2,1-2H3,(H-,28,32,34)/p+1. The van der Waals surface area contributed by atoms with Gasteiger partial charge in [-0.1, -0.05) is 6.07 Å². The van der Waals surface area contributed by atoms with E-state index >= 15 is 0 Å². The summed E-state index contributed by atoms with van der Waals surface area (Å²) in [5.74, 6) is -0.426. The van der Waals surface area contributed by atoms with Crippen molar-refractivity contribution < 1.29 is 19.8 Å². The van der Waals surface area contributed by atoms with Crippen LogP contribution in [0, 0.1) is 6.92 Å². The summed E-state index contributed by atoms with van der Waals surface area (Å²) >= 11 is 0. The molecule has 1 amide bonds. The van der Waals surface area contributed by atoms with E-state index in [0.717, 1.165) is 46.9 Å². The Balaban J connectivity index is 1.54. The summed E-state index contributed by atoms with van der Waals surface area (Å²) in [6.45, 7) is 3.61. The summed E-state index contributed by atoms with van der Waals surface area (Å²) in [5, 5.41) is 29.3. The topological polar surface area (TPSA) is 104 Å². The van der Waals surface area contributed by atoms with Crippen molar-refractivity contribution in [1.29, 1.82) is 0 Å². The van der Waals surface area contributed by atoms with Crippen LogP contribution in [0.15, 0.2) is 60.9 Å². The highest BCUT2D eigenvalue weighted by atomic mass is 16.5. The minimum absolute atomic E-state index is 0.136. The van der Waals surface area contributed by atoms with Crippen molar-refractivity contribution in [1.82, 2.24) is 14.8 Å². The number of fused-ring (bicyclic) bond motifs is 1. The second kappa shape index (κ2) is 8.53. The van der Waals surface area contributed by atoms with Crippen LogP contribution < -0.4 is 10.0 Å². The molecule has 0 saturated heterocycles. The van der Waals surface area contributed by atoms with Crippen LogP contribution in [0.5, 0.6) is 0 Å². The number of rotatable bonds is 4. The van der Waals surface area contributed by atoms with Crippen molar-refractivity contribution in [2.75, 3.05) is 5.32 Å². The fourth-order valence-corrected chi connectivity index (χ4v) is 4.57. The molecule has 3 aromatic heterocycles. The number of pyridine rings is 2. The van der Waals surface area contributed by atoms with Gasteiger partial charge in [0.1, 0.15) is 0 Å². The number of benzene rings is 1. The first-order chi connectivity index (χ1) is 16.3. The van der Waals surface area contributed by atoms with E-state index in [4.69, 9.17) is 5.10 Å². The van der Waals surface area contributed by atoms with Gasteiger partial charge in [0.15, 0.2) is 0 Å². The number of aromatic nitrogens is 4. The van der Waals surface area contributed by atoms with Gasteiger partial charge in [-0.25, -0.2) is 0 Å². The lowest BCUT2D eigenvalue weighted by Crippen LogP contribution is -2.42. The predicted octanol–water partition coefficient (Wildman–Crippen LogP) is 4.05. The zero-order valence-electron chi connectivity index (χ0n) is 19.3. The smallest absolute Gasteiger partial charge is 0.325 e. The Morgan fingerprint density at radius 3 is 2.71 bits per heavy atom. The van der Waals surface area contributed by atoms with Gasteiger partial charge >= 0.3 is 11.6 Å². The number of carbonyl (C=O) groups excluding carboxylic acids is 1. The summed E-state index contributed by atoms with van der Waals surface area (Å²) in [4.78, 5) is 17.5. The Bertz CT molecular complexity index is 1350. The van der Waals surface area contributed by atoms with E-state index in [9.17, 15) is 15.1 Å². The zero-order valence-corrected chi connectivity index (χ0v) is 19.3. The van der Waals surface area contributed by atoms with Gasteiger partial charge in [-0.05, 0) is 62.9 Å².